The highest BCUT2D eigenvalue weighted by Gasteiger charge is 2.30. The van der Waals surface area contributed by atoms with E-state index in [0.29, 0.717) is 16.4 Å². The van der Waals surface area contributed by atoms with Gasteiger partial charge in [-0.25, -0.2) is 8.78 Å². The number of hydrogen-bond donors (Lipinski definition) is 0. The fourth-order valence-corrected chi connectivity index (χ4v) is 2.89. The molecular formula is C17H12Cl2F2N2. The minimum atomic E-state index is -0.809. The molecule has 23 heavy (non-hydrogen) atoms. The molecule has 2 aromatic carbocycles. The van der Waals surface area contributed by atoms with Crippen molar-refractivity contribution in [3.05, 3.63) is 70.4 Å². The summed E-state index contributed by atoms with van der Waals surface area (Å²) in [7, 11) is 0. The van der Waals surface area contributed by atoms with Gasteiger partial charge in [0.2, 0.25) is 0 Å². The quantitative estimate of drug-likeness (QED) is 0.517. The van der Waals surface area contributed by atoms with Gasteiger partial charge in [-0.1, -0.05) is 41.4 Å². The van der Waals surface area contributed by atoms with Crippen LogP contribution in [-0.2, 0) is 0 Å². The van der Waals surface area contributed by atoms with E-state index in [9.17, 15) is 8.78 Å². The van der Waals surface area contributed by atoms with E-state index in [1.54, 1.807) is 31.2 Å². The number of rotatable bonds is 2. The lowest BCUT2D eigenvalue weighted by Gasteiger charge is -2.34. The Hall–Kier alpha value is -1.91. The maximum atomic E-state index is 14.3. The third kappa shape index (κ3) is 2.96. The van der Waals surface area contributed by atoms with Gasteiger partial charge in [0, 0.05) is 16.8 Å². The Balaban J connectivity index is 2.21. The summed E-state index contributed by atoms with van der Waals surface area (Å²) in [6.45, 7) is 1.76. The van der Waals surface area contributed by atoms with Crippen molar-refractivity contribution in [1.82, 2.24) is 0 Å². The van der Waals surface area contributed by atoms with Crippen LogP contribution in [-0.4, -0.2) is 11.7 Å². The maximum absolute atomic E-state index is 14.3. The number of nitrogens with zero attached hydrogens (tertiary/aromatic N) is 2. The van der Waals surface area contributed by atoms with Gasteiger partial charge in [0.25, 0.3) is 0 Å². The molecule has 0 aliphatic carbocycles. The lowest BCUT2D eigenvalue weighted by Crippen LogP contribution is -2.35. The van der Waals surface area contributed by atoms with Crippen molar-refractivity contribution < 1.29 is 8.78 Å². The van der Waals surface area contributed by atoms with Gasteiger partial charge in [-0.05, 0) is 31.2 Å². The fraction of sp³-hybridized carbons (Fsp3) is 0.118. The number of alkyl halides is 1. The van der Waals surface area contributed by atoms with Crippen LogP contribution < -0.4 is 4.90 Å². The van der Waals surface area contributed by atoms with Crippen LogP contribution in [0.15, 0.2) is 53.2 Å². The first kappa shape index (κ1) is 16.0. The van der Waals surface area contributed by atoms with E-state index in [2.05, 4.69) is 4.99 Å². The predicted molar refractivity (Wildman–Crippen MR) is 91.0 cm³/mol. The topological polar surface area (TPSA) is 15.6 Å². The van der Waals surface area contributed by atoms with E-state index in [1.165, 1.54) is 29.3 Å². The first-order valence-electron chi connectivity index (χ1n) is 6.87. The molecule has 0 N–H and O–H groups in total. The van der Waals surface area contributed by atoms with Crippen molar-refractivity contribution in [3.63, 3.8) is 0 Å². The molecule has 0 saturated carbocycles. The summed E-state index contributed by atoms with van der Waals surface area (Å²) >= 11 is 12.2. The van der Waals surface area contributed by atoms with Gasteiger partial charge in [-0.15, -0.1) is 0 Å². The predicted octanol–water partition coefficient (Wildman–Crippen LogP) is 5.46. The first-order valence-corrected chi connectivity index (χ1v) is 7.69. The van der Waals surface area contributed by atoms with Crippen LogP contribution in [0.2, 0.25) is 5.02 Å². The van der Waals surface area contributed by atoms with Gasteiger partial charge in [0.15, 0.2) is 0 Å². The second kappa shape index (κ2) is 6.30. The van der Waals surface area contributed by atoms with Crippen LogP contribution in [0.3, 0.4) is 0 Å². The molecule has 0 amide bonds. The molecule has 1 unspecified atom stereocenters. The Kier molecular flexibility index (Phi) is 4.37. The van der Waals surface area contributed by atoms with E-state index >= 15 is 0 Å². The van der Waals surface area contributed by atoms with Crippen molar-refractivity contribution in [1.29, 1.82) is 0 Å². The molecule has 1 aliphatic heterocycles. The Labute approximate surface area is 142 Å². The molecule has 0 spiro atoms. The summed E-state index contributed by atoms with van der Waals surface area (Å²) in [5.74, 6) is -1.38. The van der Waals surface area contributed by atoms with Crippen LogP contribution >= 0.6 is 23.2 Å². The SMILES string of the molecule is CC1=C(c2ccc(Cl)cc2)N(c2c(F)cccc2F)C(Cl)C=N1. The number of hydrogen-bond acceptors (Lipinski definition) is 2. The standard InChI is InChI=1S/C17H12Cl2F2N2/c1-10-16(11-5-7-12(18)8-6-11)23(15(19)9-22-10)17-13(20)3-2-4-14(17)21/h2-9,15H,1H3. The number of para-hydroxylation sites is 1. The van der Waals surface area contributed by atoms with E-state index in [1.807, 2.05) is 0 Å². The summed E-state index contributed by atoms with van der Waals surface area (Å²) in [6, 6.07) is 10.6. The second-order valence-electron chi connectivity index (χ2n) is 5.03. The summed E-state index contributed by atoms with van der Waals surface area (Å²) in [6.07, 6.45) is 1.45. The van der Waals surface area contributed by atoms with E-state index in [0.717, 1.165) is 5.56 Å². The third-order valence-electron chi connectivity index (χ3n) is 3.52. The molecule has 3 rings (SSSR count). The van der Waals surface area contributed by atoms with Crippen molar-refractivity contribution in [3.8, 4) is 0 Å². The lowest BCUT2D eigenvalue weighted by molar-refractivity contribution is 0.581. The molecule has 0 saturated heterocycles. The molecule has 0 bridgehead atoms. The third-order valence-corrected chi connectivity index (χ3v) is 4.08. The minimum absolute atomic E-state index is 0.206. The van der Waals surface area contributed by atoms with Crippen LogP contribution in [0.4, 0.5) is 14.5 Å². The summed E-state index contributed by atoms with van der Waals surface area (Å²) in [5.41, 5.74) is 0.843. The van der Waals surface area contributed by atoms with Crippen LogP contribution in [0, 0.1) is 11.6 Å². The molecule has 6 heteroatoms. The molecule has 1 aliphatic rings. The van der Waals surface area contributed by atoms with E-state index < -0.39 is 17.1 Å². The summed E-state index contributed by atoms with van der Waals surface area (Å²) < 4.78 is 28.5. The van der Waals surface area contributed by atoms with Gasteiger partial charge in [0.1, 0.15) is 22.8 Å². The summed E-state index contributed by atoms with van der Waals surface area (Å²) in [5, 5.41) is 0.567. The zero-order chi connectivity index (χ0) is 16.6. The van der Waals surface area contributed by atoms with Gasteiger partial charge < -0.3 is 4.90 Å². The Morgan fingerprint density at radius 2 is 1.65 bits per heavy atom. The number of halogens is 4. The van der Waals surface area contributed by atoms with Crippen molar-refractivity contribution in [2.24, 2.45) is 4.99 Å². The molecule has 1 atom stereocenters. The number of aliphatic imine (C=N–C) groups is 1. The molecule has 0 fully saturated rings. The minimum Gasteiger partial charge on any atom is -0.312 e. The first-order chi connectivity index (χ1) is 11.0. The van der Waals surface area contributed by atoms with E-state index in [-0.39, 0.29) is 5.69 Å². The van der Waals surface area contributed by atoms with Crippen molar-refractivity contribution >= 4 is 40.8 Å². The number of anilines is 1. The van der Waals surface area contributed by atoms with Crippen LogP contribution in [0.25, 0.3) is 5.70 Å². The van der Waals surface area contributed by atoms with Gasteiger partial charge >= 0.3 is 0 Å². The fourth-order valence-electron chi connectivity index (χ4n) is 2.51. The zero-order valence-corrected chi connectivity index (χ0v) is 13.6. The second-order valence-corrected chi connectivity index (χ2v) is 5.92. The normalized spacial score (nSPS) is 17.8. The molecule has 0 aromatic heterocycles. The lowest BCUT2D eigenvalue weighted by atomic mass is 10.1. The molecule has 118 valence electrons. The van der Waals surface area contributed by atoms with Gasteiger partial charge in [-0.3, -0.25) is 4.99 Å². The van der Waals surface area contributed by atoms with Crippen LogP contribution in [0.5, 0.6) is 0 Å². The largest absolute Gasteiger partial charge is 0.312 e. The highest BCUT2D eigenvalue weighted by molar-refractivity contribution is 6.31. The van der Waals surface area contributed by atoms with Gasteiger partial charge in [0.05, 0.1) is 11.4 Å². The Bertz CT molecular complexity index is 780. The van der Waals surface area contributed by atoms with Crippen molar-refractivity contribution in [2.75, 3.05) is 4.90 Å². The molecule has 0 radical (unpaired) electrons. The number of benzene rings is 2. The maximum Gasteiger partial charge on any atom is 0.149 e. The Morgan fingerprint density at radius 1 is 1.04 bits per heavy atom. The average Bonchev–Trinajstić information content (AvgIpc) is 2.52. The van der Waals surface area contributed by atoms with Gasteiger partial charge in [-0.2, -0.15) is 0 Å². The molecule has 2 aromatic rings. The highest BCUT2D eigenvalue weighted by Crippen LogP contribution is 2.37. The average molecular weight is 353 g/mol. The smallest absolute Gasteiger partial charge is 0.149 e. The highest BCUT2D eigenvalue weighted by atomic mass is 35.5. The molecule has 2 nitrogen and oxygen atoms in total. The molecule has 1 heterocycles. The Morgan fingerprint density at radius 3 is 2.26 bits per heavy atom. The summed E-state index contributed by atoms with van der Waals surface area (Å²) in [4.78, 5) is 5.63. The monoisotopic (exact) mass is 352 g/mol. The van der Waals surface area contributed by atoms with Crippen LogP contribution in [0.1, 0.15) is 12.5 Å². The zero-order valence-electron chi connectivity index (χ0n) is 12.1. The number of allylic oxidation sites excluding steroid dienone is 1. The molecular weight excluding hydrogens is 341 g/mol. The van der Waals surface area contributed by atoms with E-state index in [4.69, 9.17) is 23.2 Å². The van der Waals surface area contributed by atoms with Crippen molar-refractivity contribution in [2.45, 2.75) is 12.4 Å².